The number of amides is 1. The van der Waals surface area contributed by atoms with Crippen LogP contribution in [0.3, 0.4) is 0 Å². The van der Waals surface area contributed by atoms with E-state index in [-0.39, 0.29) is 93.0 Å². The molecule has 0 aliphatic rings. The molecule has 0 saturated carbocycles. The van der Waals surface area contributed by atoms with Crippen molar-refractivity contribution in [1.82, 2.24) is 0 Å². The fourth-order valence-electron chi connectivity index (χ4n) is 3.05. The predicted molar refractivity (Wildman–Crippen MR) is 119 cm³/mol. The molecule has 0 heterocycles. The maximum Gasteiger partial charge on any atom is 1.00 e. The Morgan fingerprint density at radius 2 is 1.32 bits per heavy atom. The normalized spacial score (nSPS) is 11.4. The van der Waals surface area contributed by atoms with Crippen molar-refractivity contribution in [3.63, 3.8) is 0 Å². The minimum absolute atomic E-state index is 0. The molecule has 192 valence electrons. The van der Waals surface area contributed by atoms with Crippen LogP contribution < -0.4 is 94.0 Å². The van der Waals surface area contributed by atoms with E-state index in [2.05, 4.69) is 0 Å². The summed E-state index contributed by atoms with van der Waals surface area (Å²) in [4.78, 5) is 19.8. The number of non-ortho nitro benzene ring substituents is 1. The molecular weight excluding hydrogens is 605 g/mol. The van der Waals surface area contributed by atoms with Crippen molar-refractivity contribution in [2.24, 2.45) is 0 Å². The first kappa shape index (κ1) is 37.3. The van der Waals surface area contributed by atoms with Gasteiger partial charge in [-0.3, -0.25) is 28.6 Å². The van der Waals surface area contributed by atoms with Crippen molar-refractivity contribution < 1.29 is 147 Å². The molecule has 3 aromatic rings. The van der Waals surface area contributed by atoms with Crippen molar-refractivity contribution in [2.75, 3.05) is 5.32 Å². The van der Waals surface area contributed by atoms with E-state index in [4.69, 9.17) is 0 Å². The Morgan fingerprint density at radius 1 is 0.816 bits per heavy atom. The summed E-state index contributed by atoms with van der Waals surface area (Å²) in [5.74, 6) is -2.24. The van der Waals surface area contributed by atoms with E-state index in [9.17, 15) is 58.9 Å². The SMILES string of the molecule is O=C(Nc1cc(S(=O)(=O)O)cc2cc(S(=O)(=O)O)cc(O)c12)c1ccc([N+](=O)[O-])cc1S(=O)(=O)O.[H-].[H-].[H-].[Na+].[Na+].[Na+]. The van der Waals surface area contributed by atoms with Crippen molar-refractivity contribution in [3.05, 3.63) is 58.1 Å². The molecule has 0 aliphatic carbocycles. The average Bonchev–Trinajstić information content (AvgIpc) is 2.70. The van der Waals surface area contributed by atoms with Crippen LogP contribution in [-0.2, 0) is 30.4 Å². The Morgan fingerprint density at radius 3 is 1.76 bits per heavy atom. The largest absolute Gasteiger partial charge is 1.00 e. The molecule has 0 saturated heterocycles. The van der Waals surface area contributed by atoms with E-state index in [1.54, 1.807) is 0 Å². The number of rotatable bonds is 6. The Kier molecular flexibility index (Phi) is 13.1. The summed E-state index contributed by atoms with van der Waals surface area (Å²) in [6.07, 6.45) is 0. The third kappa shape index (κ3) is 8.41. The zero-order valence-electron chi connectivity index (χ0n) is 22.7. The van der Waals surface area contributed by atoms with Gasteiger partial charge in [-0.2, -0.15) is 25.3 Å². The molecule has 38 heavy (non-hydrogen) atoms. The Hall–Kier alpha value is -0.680. The summed E-state index contributed by atoms with van der Waals surface area (Å²) in [6, 6.07) is 4.45. The van der Waals surface area contributed by atoms with Crippen molar-refractivity contribution in [2.45, 2.75) is 14.7 Å². The minimum atomic E-state index is -5.18. The zero-order valence-corrected chi connectivity index (χ0v) is 28.1. The fourth-order valence-corrected chi connectivity index (χ4v) is 4.84. The number of nitrogens with zero attached hydrogens (tertiary/aromatic N) is 1. The van der Waals surface area contributed by atoms with Gasteiger partial charge in [0.15, 0.2) is 0 Å². The first-order valence-corrected chi connectivity index (χ1v) is 13.0. The summed E-state index contributed by atoms with van der Waals surface area (Å²) in [5, 5.41) is 22.5. The molecule has 15 nitrogen and oxygen atoms in total. The van der Waals surface area contributed by atoms with Gasteiger partial charge in [0.05, 0.1) is 26.0 Å². The van der Waals surface area contributed by atoms with Crippen molar-refractivity contribution >= 4 is 58.4 Å². The van der Waals surface area contributed by atoms with Crippen molar-refractivity contribution in [1.29, 1.82) is 0 Å². The number of nitrogens with one attached hydrogen (secondary N) is 1. The third-order valence-corrected chi connectivity index (χ3v) is 7.07. The Labute approximate surface area is 285 Å². The number of nitro groups is 1. The van der Waals surface area contributed by atoms with E-state index in [1.807, 2.05) is 5.32 Å². The molecule has 0 radical (unpaired) electrons. The number of benzene rings is 3. The van der Waals surface area contributed by atoms with E-state index in [0.29, 0.717) is 36.4 Å². The van der Waals surface area contributed by atoms with Gasteiger partial charge in [0.25, 0.3) is 41.9 Å². The second-order valence-electron chi connectivity index (χ2n) is 6.83. The van der Waals surface area contributed by atoms with Gasteiger partial charge < -0.3 is 14.7 Å². The minimum Gasteiger partial charge on any atom is -1.00 e. The second kappa shape index (κ2) is 13.3. The van der Waals surface area contributed by atoms with E-state index < -0.39 is 89.3 Å². The number of phenolic OH excluding ortho intramolecular Hbond substituents is 1. The molecule has 3 aromatic carbocycles. The van der Waals surface area contributed by atoms with E-state index in [1.165, 1.54) is 0 Å². The van der Waals surface area contributed by atoms with Crippen LogP contribution >= 0.6 is 0 Å². The van der Waals surface area contributed by atoms with Gasteiger partial charge in [0.2, 0.25) is 0 Å². The molecule has 1 amide bonds. The number of carbonyl (C=O) groups is 1. The van der Waals surface area contributed by atoms with Gasteiger partial charge in [-0.1, -0.05) is 0 Å². The predicted octanol–water partition coefficient (Wildman–Crippen LogP) is -7.20. The summed E-state index contributed by atoms with van der Waals surface area (Å²) >= 11 is 0. The molecule has 21 heteroatoms. The fraction of sp³-hybridized carbons (Fsp3) is 0. The monoisotopic (exact) mass is 620 g/mol. The molecule has 0 aliphatic heterocycles. The van der Waals surface area contributed by atoms with Gasteiger partial charge in [-0.05, 0) is 29.7 Å². The van der Waals surface area contributed by atoms with Gasteiger partial charge in [0, 0.05) is 23.6 Å². The molecule has 0 fully saturated rings. The van der Waals surface area contributed by atoms with Crippen LogP contribution in [0.4, 0.5) is 11.4 Å². The Balaban J connectivity index is -0.00000114. The van der Waals surface area contributed by atoms with Crippen LogP contribution in [0.15, 0.2) is 57.2 Å². The quantitative estimate of drug-likeness (QED) is 0.0744. The maximum atomic E-state index is 12.8. The number of fused-ring (bicyclic) bond motifs is 1. The molecule has 0 spiro atoms. The number of anilines is 1. The van der Waals surface area contributed by atoms with Gasteiger partial charge in [-0.15, -0.1) is 0 Å². The zero-order chi connectivity index (χ0) is 26.5. The summed E-state index contributed by atoms with van der Waals surface area (Å²) in [7, 11) is -15.0. The number of aromatic hydroxyl groups is 1. The number of nitro benzene ring substituents is 1. The molecule has 0 bridgehead atoms. The molecule has 0 atom stereocenters. The molecule has 5 N–H and O–H groups in total. The van der Waals surface area contributed by atoms with E-state index >= 15 is 0 Å². The van der Waals surface area contributed by atoms with Crippen LogP contribution in [0.2, 0.25) is 0 Å². The molecule has 3 rings (SSSR count). The van der Waals surface area contributed by atoms with Crippen LogP contribution in [0.5, 0.6) is 5.75 Å². The third-order valence-electron chi connectivity index (χ3n) is 4.52. The maximum absolute atomic E-state index is 12.8. The van der Waals surface area contributed by atoms with Crippen LogP contribution in [-0.4, -0.2) is 54.8 Å². The summed E-state index contributed by atoms with van der Waals surface area (Å²) in [6.45, 7) is 0. The van der Waals surface area contributed by atoms with Gasteiger partial charge in [0.1, 0.15) is 10.6 Å². The van der Waals surface area contributed by atoms with Gasteiger partial charge >= 0.3 is 88.7 Å². The standard InChI is InChI=1S/C17H12N2O13S3.3Na.3H/c20-14-7-11(34(27,28)29)4-8-3-10(33(24,25)26)6-13(16(8)14)18-17(21)12-2-1-9(19(22)23)5-15(12)35(30,31)32;;;;;;/h1-7,20H,(H,18,21)(H,24,25,26)(H,27,28,29)(H,30,31,32);;;;;;/q;3*+1;3*-1. The van der Waals surface area contributed by atoms with Crippen LogP contribution in [0, 0.1) is 10.1 Å². The molecule has 0 aromatic heterocycles. The second-order valence-corrected chi connectivity index (χ2v) is 11.1. The Bertz CT molecular complexity index is 1770. The number of hydrogen-bond donors (Lipinski definition) is 5. The number of phenols is 1. The smallest absolute Gasteiger partial charge is 1.00 e. The molecular formula is C17H15N2Na3O13S3. The van der Waals surface area contributed by atoms with E-state index in [0.717, 1.165) is 6.07 Å². The summed E-state index contributed by atoms with van der Waals surface area (Å²) in [5.41, 5.74) is -2.19. The molecule has 0 unspecified atom stereocenters. The van der Waals surface area contributed by atoms with Crippen LogP contribution in [0.1, 0.15) is 14.6 Å². The first-order valence-electron chi connectivity index (χ1n) is 8.72. The first-order chi connectivity index (χ1) is 15.9. The average molecular weight is 620 g/mol. The topological polar surface area (TPSA) is 256 Å². The van der Waals surface area contributed by atoms with Crippen molar-refractivity contribution in [3.8, 4) is 5.75 Å². The number of carbonyl (C=O) groups excluding carboxylic acids is 1. The number of hydrogen-bond acceptors (Lipinski definition) is 10. The van der Waals surface area contributed by atoms with Gasteiger partial charge in [-0.25, -0.2) is 0 Å². The van der Waals surface area contributed by atoms with Crippen LogP contribution in [0.25, 0.3) is 10.8 Å². The summed E-state index contributed by atoms with van der Waals surface area (Å²) < 4.78 is 97.7.